The van der Waals surface area contributed by atoms with E-state index in [1.54, 1.807) is 17.6 Å². The summed E-state index contributed by atoms with van der Waals surface area (Å²) in [4.78, 5) is 42.2. The van der Waals surface area contributed by atoms with Crippen LogP contribution in [0.25, 0.3) is 10.2 Å². The van der Waals surface area contributed by atoms with Crippen molar-refractivity contribution in [1.29, 1.82) is 0 Å². The lowest BCUT2D eigenvalue weighted by atomic mass is 10.1. The number of nitrogens with zero attached hydrogens (tertiary/aromatic N) is 3. The van der Waals surface area contributed by atoms with Gasteiger partial charge < -0.3 is 10.2 Å². The van der Waals surface area contributed by atoms with Crippen LogP contribution in [0.4, 0.5) is 10.5 Å². The third-order valence-corrected chi connectivity index (χ3v) is 4.47. The first-order valence-corrected chi connectivity index (χ1v) is 7.53. The number of hydrogen-bond donors (Lipinski definition) is 1. The molecule has 1 aromatic heterocycles. The van der Waals surface area contributed by atoms with Crippen LogP contribution in [0.5, 0.6) is 0 Å². The molecule has 22 heavy (non-hydrogen) atoms. The van der Waals surface area contributed by atoms with Crippen molar-refractivity contribution >= 4 is 45.1 Å². The summed E-state index contributed by atoms with van der Waals surface area (Å²) in [6.45, 7) is 0. The fourth-order valence-corrected chi connectivity index (χ4v) is 3.06. The summed E-state index contributed by atoms with van der Waals surface area (Å²) in [6, 6.07) is 4.30. The first kappa shape index (κ1) is 14.5. The minimum absolute atomic E-state index is 0.0689. The van der Waals surface area contributed by atoms with Gasteiger partial charge in [-0.05, 0) is 18.2 Å². The lowest BCUT2D eigenvalue weighted by Gasteiger charge is -2.15. The Bertz CT molecular complexity index is 772. The number of carbonyl (C=O) groups excluding carboxylic acids is 3. The van der Waals surface area contributed by atoms with Crippen molar-refractivity contribution in [3.05, 3.63) is 23.7 Å². The lowest BCUT2D eigenvalue weighted by Crippen LogP contribution is -2.35. The van der Waals surface area contributed by atoms with Crippen LogP contribution >= 0.6 is 11.3 Å². The topological polar surface area (TPSA) is 82.6 Å². The van der Waals surface area contributed by atoms with Gasteiger partial charge in [0, 0.05) is 19.8 Å². The molecule has 0 bridgehead atoms. The molecule has 2 heterocycles. The van der Waals surface area contributed by atoms with Crippen molar-refractivity contribution < 1.29 is 14.4 Å². The molecular formula is C14H14N4O3S. The van der Waals surface area contributed by atoms with Gasteiger partial charge in [0.05, 0.1) is 22.1 Å². The maximum Gasteiger partial charge on any atom is 0.326 e. The van der Waals surface area contributed by atoms with E-state index in [-0.39, 0.29) is 18.2 Å². The van der Waals surface area contributed by atoms with Crippen molar-refractivity contribution in [1.82, 2.24) is 14.8 Å². The SMILES string of the molecule is CN1C(=O)C(CC(=O)Nc2ccc3scnc3c2)N(C)C1=O. The summed E-state index contributed by atoms with van der Waals surface area (Å²) in [7, 11) is 2.93. The summed E-state index contributed by atoms with van der Waals surface area (Å²) < 4.78 is 1.04. The first-order valence-electron chi connectivity index (χ1n) is 6.65. The lowest BCUT2D eigenvalue weighted by molar-refractivity contribution is -0.129. The van der Waals surface area contributed by atoms with Gasteiger partial charge in [0.1, 0.15) is 6.04 Å². The molecular weight excluding hydrogens is 304 g/mol. The van der Waals surface area contributed by atoms with E-state index >= 15 is 0 Å². The number of aromatic nitrogens is 1. The number of hydrogen-bond acceptors (Lipinski definition) is 5. The Hall–Kier alpha value is -2.48. The van der Waals surface area contributed by atoms with E-state index in [2.05, 4.69) is 10.3 Å². The second-order valence-corrected chi connectivity index (χ2v) is 5.98. The molecule has 1 aliphatic heterocycles. The van der Waals surface area contributed by atoms with Gasteiger partial charge in [-0.2, -0.15) is 0 Å². The minimum Gasteiger partial charge on any atom is -0.326 e. The minimum atomic E-state index is -0.750. The fourth-order valence-electron chi connectivity index (χ4n) is 2.40. The standard InChI is InChI=1S/C14H14N4O3S/c1-17-10(13(20)18(2)14(17)21)6-12(19)16-8-3-4-11-9(5-8)15-7-22-11/h3-5,7,10H,6H2,1-2H3,(H,16,19). The van der Waals surface area contributed by atoms with E-state index in [0.29, 0.717) is 5.69 Å². The molecule has 0 saturated carbocycles. The number of rotatable bonds is 3. The molecule has 1 fully saturated rings. The van der Waals surface area contributed by atoms with Gasteiger partial charge in [0.2, 0.25) is 5.91 Å². The highest BCUT2D eigenvalue weighted by Gasteiger charge is 2.41. The van der Waals surface area contributed by atoms with Crippen molar-refractivity contribution in [3.8, 4) is 0 Å². The molecule has 1 aliphatic rings. The number of anilines is 1. The first-order chi connectivity index (χ1) is 10.5. The van der Waals surface area contributed by atoms with Crippen molar-refractivity contribution in [2.24, 2.45) is 0 Å². The number of nitrogens with one attached hydrogen (secondary N) is 1. The van der Waals surface area contributed by atoms with Crippen molar-refractivity contribution in [2.45, 2.75) is 12.5 Å². The van der Waals surface area contributed by atoms with E-state index in [9.17, 15) is 14.4 Å². The molecule has 1 aromatic carbocycles. The molecule has 4 amide bonds. The van der Waals surface area contributed by atoms with Crippen LogP contribution in [-0.4, -0.2) is 52.8 Å². The Balaban J connectivity index is 1.70. The van der Waals surface area contributed by atoms with Gasteiger partial charge in [-0.15, -0.1) is 11.3 Å². The van der Waals surface area contributed by atoms with Gasteiger partial charge in [-0.3, -0.25) is 14.5 Å². The van der Waals surface area contributed by atoms with Crippen molar-refractivity contribution in [2.75, 3.05) is 19.4 Å². The molecule has 0 aliphatic carbocycles. The predicted molar refractivity (Wildman–Crippen MR) is 82.6 cm³/mol. The average molecular weight is 318 g/mol. The van der Waals surface area contributed by atoms with Gasteiger partial charge in [-0.1, -0.05) is 0 Å². The van der Waals surface area contributed by atoms with Crippen LogP contribution in [0.1, 0.15) is 6.42 Å². The van der Waals surface area contributed by atoms with E-state index in [1.165, 1.54) is 30.3 Å². The largest absolute Gasteiger partial charge is 0.326 e. The molecule has 3 rings (SSSR count). The van der Waals surface area contributed by atoms with Crippen LogP contribution in [0.3, 0.4) is 0 Å². The number of thiazole rings is 1. The van der Waals surface area contributed by atoms with Gasteiger partial charge in [0.15, 0.2) is 0 Å². The zero-order chi connectivity index (χ0) is 15.9. The number of imide groups is 1. The average Bonchev–Trinajstić information content (AvgIpc) is 3.02. The Kier molecular flexibility index (Phi) is 3.53. The highest BCUT2D eigenvalue weighted by molar-refractivity contribution is 7.16. The number of amides is 4. The third-order valence-electron chi connectivity index (χ3n) is 3.66. The van der Waals surface area contributed by atoms with Gasteiger partial charge >= 0.3 is 6.03 Å². The summed E-state index contributed by atoms with van der Waals surface area (Å²) in [6.07, 6.45) is -0.0689. The molecule has 0 spiro atoms. The second kappa shape index (κ2) is 5.38. The summed E-state index contributed by atoms with van der Waals surface area (Å²) in [5, 5.41) is 2.74. The Labute approximate surface area is 130 Å². The second-order valence-electron chi connectivity index (χ2n) is 5.09. The number of fused-ring (bicyclic) bond motifs is 1. The number of likely N-dealkylation sites (N-methyl/N-ethyl adjacent to an activating group) is 2. The summed E-state index contributed by atoms with van der Waals surface area (Å²) in [5.74, 6) is -0.680. The number of benzene rings is 1. The summed E-state index contributed by atoms with van der Waals surface area (Å²) >= 11 is 1.52. The van der Waals surface area contributed by atoms with Crippen LogP contribution in [0.15, 0.2) is 23.7 Å². The molecule has 1 unspecified atom stereocenters. The van der Waals surface area contributed by atoms with E-state index in [1.807, 2.05) is 6.07 Å². The molecule has 1 atom stereocenters. The number of carbonyl (C=O) groups is 3. The molecule has 0 radical (unpaired) electrons. The van der Waals surface area contributed by atoms with E-state index < -0.39 is 12.1 Å². The van der Waals surface area contributed by atoms with Gasteiger partial charge in [0.25, 0.3) is 5.91 Å². The van der Waals surface area contributed by atoms with Crippen LogP contribution in [0, 0.1) is 0 Å². The Morgan fingerprint density at radius 3 is 2.82 bits per heavy atom. The zero-order valence-electron chi connectivity index (χ0n) is 12.1. The smallest absolute Gasteiger partial charge is 0.326 e. The van der Waals surface area contributed by atoms with Crippen LogP contribution < -0.4 is 5.32 Å². The zero-order valence-corrected chi connectivity index (χ0v) is 12.9. The Morgan fingerprint density at radius 1 is 1.36 bits per heavy atom. The normalized spacial score (nSPS) is 18.4. The van der Waals surface area contributed by atoms with Crippen LogP contribution in [0.2, 0.25) is 0 Å². The third kappa shape index (κ3) is 2.41. The maximum absolute atomic E-state index is 12.1. The maximum atomic E-state index is 12.1. The molecule has 7 nitrogen and oxygen atoms in total. The van der Waals surface area contributed by atoms with Crippen LogP contribution in [-0.2, 0) is 9.59 Å². The molecule has 114 valence electrons. The predicted octanol–water partition coefficient (Wildman–Crippen LogP) is 1.52. The monoisotopic (exact) mass is 318 g/mol. The van der Waals surface area contributed by atoms with Gasteiger partial charge in [-0.25, -0.2) is 9.78 Å². The van der Waals surface area contributed by atoms with Crippen molar-refractivity contribution in [3.63, 3.8) is 0 Å². The number of urea groups is 1. The summed E-state index contributed by atoms with van der Waals surface area (Å²) in [5.41, 5.74) is 3.17. The molecule has 1 saturated heterocycles. The highest BCUT2D eigenvalue weighted by atomic mass is 32.1. The fraction of sp³-hybridized carbons (Fsp3) is 0.286. The molecule has 1 N–H and O–H groups in total. The highest BCUT2D eigenvalue weighted by Crippen LogP contribution is 2.22. The van der Waals surface area contributed by atoms with E-state index in [4.69, 9.17) is 0 Å². The Morgan fingerprint density at radius 2 is 2.14 bits per heavy atom. The molecule has 8 heteroatoms. The quantitative estimate of drug-likeness (QED) is 0.870. The van der Waals surface area contributed by atoms with E-state index in [0.717, 1.165) is 15.1 Å². The molecule has 2 aromatic rings.